The normalized spacial score (nSPS) is 17.1. The Labute approximate surface area is 170 Å². The van der Waals surface area contributed by atoms with Crippen molar-refractivity contribution in [3.8, 4) is 0 Å². The molecule has 2 N–H and O–H groups in total. The first kappa shape index (κ1) is 24.9. The maximum absolute atomic E-state index is 12.2. The molecule has 1 aliphatic rings. The van der Waals surface area contributed by atoms with Gasteiger partial charge in [0.2, 0.25) is 0 Å². The zero-order chi connectivity index (χ0) is 20.6. The van der Waals surface area contributed by atoms with E-state index < -0.39 is 0 Å². The second kappa shape index (κ2) is 15.7. The molecule has 0 amide bonds. The van der Waals surface area contributed by atoms with Gasteiger partial charge in [-0.1, -0.05) is 38.5 Å². The molecule has 0 aromatic carbocycles. The average molecular weight is 400 g/mol. The fourth-order valence-corrected chi connectivity index (χ4v) is 3.91. The largest absolute Gasteiger partial charge is 0.466 e. The minimum atomic E-state index is -0.316. The minimum absolute atomic E-state index is 0.134. The fraction of sp³-hybridized carbons (Fsp3) is 0.909. The van der Waals surface area contributed by atoms with E-state index in [0.717, 1.165) is 44.9 Å². The van der Waals surface area contributed by atoms with Crippen LogP contribution < -0.4 is 5.32 Å². The van der Waals surface area contributed by atoms with Gasteiger partial charge in [-0.05, 0) is 58.4 Å². The van der Waals surface area contributed by atoms with Crippen molar-refractivity contribution in [2.45, 2.75) is 103 Å². The zero-order valence-corrected chi connectivity index (χ0v) is 17.9. The summed E-state index contributed by atoms with van der Waals surface area (Å²) in [4.78, 5) is 23.5. The van der Waals surface area contributed by atoms with Crippen molar-refractivity contribution in [3.63, 3.8) is 0 Å². The molecule has 2 atom stereocenters. The lowest BCUT2D eigenvalue weighted by atomic mass is 9.84. The molecule has 0 heterocycles. The van der Waals surface area contributed by atoms with E-state index >= 15 is 0 Å². The van der Waals surface area contributed by atoms with Crippen LogP contribution in [0.15, 0.2) is 0 Å². The topological polar surface area (TPSA) is 84.9 Å². The third-order valence-electron chi connectivity index (χ3n) is 5.52. The van der Waals surface area contributed by atoms with Crippen LogP contribution in [0.2, 0.25) is 0 Å². The molecule has 0 aromatic rings. The van der Waals surface area contributed by atoms with E-state index in [9.17, 15) is 14.7 Å². The van der Waals surface area contributed by atoms with Crippen LogP contribution in [0.3, 0.4) is 0 Å². The highest BCUT2D eigenvalue weighted by molar-refractivity contribution is 5.75. The van der Waals surface area contributed by atoms with E-state index in [1.165, 1.54) is 19.3 Å². The standard InChI is InChI=1S/C22H41NO5/c1-3-27-21(25)15-11-6-5-10-14-19(22(26)28-4-2)23-17-16-20(24)18-12-8-7-9-13-18/h18-20,23-24H,3-17H2,1-2H3/t19-,20+/m0/s1. The maximum atomic E-state index is 12.2. The van der Waals surface area contributed by atoms with Crippen molar-refractivity contribution in [2.75, 3.05) is 19.8 Å². The van der Waals surface area contributed by atoms with Crippen LogP contribution in [0.5, 0.6) is 0 Å². The molecule has 0 saturated heterocycles. The number of aliphatic hydroxyl groups is 1. The summed E-state index contributed by atoms with van der Waals surface area (Å²) in [6.07, 6.45) is 11.2. The summed E-state index contributed by atoms with van der Waals surface area (Å²) in [6, 6.07) is -0.316. The van der Waals surface area contributed by atoms with E-state index in [2.05, 4.69) is 5.32 Å². The predicted octanol–water partition coefficient (Wildman–Crippen LogP) is 3.74. The Balaban J connectivity index is 2.24. The second-order valence-corrected chi connectivity index (χ2v) is 7.77. The van der Waals surface area contributed by atoms with E-state index in [1.807, 2.05) is 13.8 Å². The van der Waals surface area contributed by atoms with Crippen molar-refractivity contribution in [1.29, 1.82) is 0 Å². The minimum Gasteiger partial charge on any atom is -0.466 e. The van der Waals surface area contributed by atoms with Gasteiger partial charge < -0.3 is 19.9 Å². The number of hydrogen-bond acceptors (Lipinski definition) is 6. The summed E-state index contributed by atoms with van der Waals surface area (Å²) in [5.74, 6) is 0.0715. The van der Waals surface area contributed by atoms with E-state index in [-0.39, 0.29) is 24.1 Å². The number of unbranched alkanes of at least 4 members (excludes halogenated alkanes) is 3. The van der Waals surface area contributed by atoms with Crippen LogP contribution in [-0.4, -0.2) is 48.9 Å². The molecule has 6 heteroatoms. The summed E-state index contributed by atoms with van der Waals surface area (Å²) in [5.41, 5.74) is 0. The number of esters is 2. The molecule has 28 heavy (non-hydrogen) atoms. The first-order valence-electron chi connectivity index (χ1n) is 11.3. The Morgan fingerprint density at radius 1 is 0.964 bits per heavy atom. The third kappa shape index (κ3) is 11.0. The molecule has 0 spiro atoms. The van der Waals surface area contributed by atoms with Crippen LogP contribution in [0.1, 0.15) is 90.9 Å². The van der Waals surface area contributed by atoms with Crippen molar-refractivity contribution < 1.29 is 24.2 Å². The molecule has 1 aliphatic carbocycles. The summed E-state index contributed by atoms with van der Waals surface area (Å²) < 4.78 is 10.1. The lowest BCUT2D eigenvalue weighted by molar-refractivity contribution is -0.146. The van der Waals surface area contributed by atoms with Gasteiger partial charge in [0.25, 0.3) is 0 Å². The second-order valence-electron chi connectivity index (χ2n) is 7.77. The molecular formula is C22H41NO5. The predicted molar refractivity (Wildman–Crippen MR) is 110 cm³/mol. The summed E-state index contributed by atoms with van der Waals surface area (Å²) in [7, 11) is 0. The van der Waals surface area contributed by atoms with Gasteiger partial charge in [-0.25, -0.2) is 0 Å². The number of ether oxygens (including phenoxy) is 2. The Bertz CT molecular complexity index is 423. The van der Waals surface area contributed by atoms with Gasteiger partial charge >= 0.3 is 11.9 Å². The van der Waals surface area contributed by atoms with E-state index in [4.69, 9.17) is 9.47 Å². The van der Waals surface area contributed by atoms with E-state index in [1.54, 1.807) is 0 Å². The van der Waals surface area contributed by atoms with Gasteiger partial charge in [0, 0.05) is 6.42 Å². The Morgan fingerprint density at radius 3 is 2.32 bits per heavy atom. The van der Waals surface area contributed by atoms with Crippen molar-refractivity contribution in [1.82, 2.24) is 5.32 Å². The summed E-state index contributed by atoms with van der Waals surface area (Å²) in [5, 5.41) is 13.7. The number of aliphatic hydroxyl groups excluding tert-OH is 1. The van der Waals surface area contributed by atoms with Gasteiger partial charge in [-0.3, -0.25) is 9.59 Å². The summed E-state index contributed by atoms with van der Waals surface area (Å²) in [6.45, 7) is 5.07. The van der Waals surface area contributed by atoms with Crippen LogP contribution in [0, 0.1) is 5.92 Å². The monoisotopic (exact) mass is 399 g/mol. The summed E-state index contributed by atoms with van der Waals surface area (Å²) >= 11 is 0. The van der Waals surface area contributed by atoms with Crippen molar-refractivity contribution in [2.24, 2.45) is 5.92 Å². The smallest absolute Gasteiger partial charge is 0.323 e. The molecule has 0 aromatic heterocycles. The van der Waals surface area contributed by atoms with Crippen LogP contribution in [0.4, 0.5) is 0 Å². The first-order valence-corrected chi connectivity index (χ1v) is 11.3. The highest BCUT2D eigenvalue weighted by Crippen LogP contribution is 2.27. The Hall–Kier alpha value is -1.14. The van der Waals surface area contributed by atoms with Gasteiger partial charge in [-0.15, -0.1) is 0 Å². The molecule has 1 rings (SSSR count). The number of rotatable bonds is 15. The Morgan fingerprint density at radius 2 is 1.64 bits per heavy atom. The molecule has 6 nitrogen and oxygen atoms in total. The molecule has 1 saturated carbocycles. The quantitative estimate of drug-likeness (QED) is 0.322. The maximum Gasteiger partial charge on any atom is 0.323 e. The van der Waals surface area contributed by atoms with Gasteiger partial charge in [0.1, 0.15) is 6.04 Å². The molecule has 0 radical (unpaired) electrons. The van der Waals surface area contributed by atoms with Crippen LogP contribution in [0.25, 0.3) is 0 Å². The van der Waals surface area contributed by atoms with Crippen LogP contribution in [-0.2, 0) is 19.1 Å². The number of carbonyl (C=O) groups excluding carboxylic acids is 2. The van der Waals surface area contributed by atoms with Crippen molar-refractivity contribution in [3.05, 3.63) is 0 Å². The number of hydrogen-bond donors (Lipinski definition) is 2. The average Bonchev–Trinajstić information content (AvgIpc) is 2.70. The zero-order valence-electron chi connectivity index (χ0n) is 17.9. The van der Waals surface area contributed by atoms with Gasteiger partial charge in [0.05, 0.1) is 19.3 Å². The lowest BCUT2D eigenvalue weighted by Crippen LogP contribution is -2.40. The molecular weight excluding hydrogens is 358 g/mol. The highest BCUT2D eigenvalue weighted by Gasteiger charge is 2.23. The molecule has 0 unspecified atom stereocenters. The third-order valence-corrected chi connectivity index (χ3v) is 5.52. The number of nitrogens with one attached hydrogen (secondary N) is 1. The molecule has 0 aliphatic heterocycles. The Kier molecular flexibility index (Phi) is 14.0. The highest BCUT2D eigenvalue weighted by atomic mass is 16.5. The molecule has 1 fully saturated rings. The lowest BCUT2D eigenvalue weighted by Gasteiger charge is -2.27. The van der Waals surface area contributed by atoms with E-state index in [0.29, 0.717) is 38.5 Å². The first-order chi connectivity index (χ1) is 13.6. The fourth-order valence-electron chi connectivity index (χ4n) is 3.91. The van der Waals surface area contributed by atoms with Gasteiger partial charge in [-0.2, -0.15) is 0 Å². The van der Waals surface area contributed by atoms with Gasteiger partial charge in [0.15, 0.2) is 0 Å². The van der Waals surface area contributed by atoms with Crippen LogP contribution >= 0.6 is 0 Å². The SMILES string of the molecule is CCOC(=O)CCCCCC[C@H](NCC[C@@H](O)C1CCCCC1)C(=O)OCC. The molecule has 164 valence electrons. The number of carbonyl (C=O) groups is 2. The van der Waals surface area contributed by atoms with Crippen molar-refractivity contribution >= 4 is 11.9 Å². The molecule has 0 bridgehead atoms.